The average molecular weight is 393 g/mol. The third-order valence-electron chi connectivity index (χ3n) is 4.46. The van der Waals surface area contributed by atoms with E-state index in [4.69, 9.17) is 18.9 Å². The summed E-state index contributed by atoms with van der Waals surface area (Å²) < 4.78 is 21.6. The molecule has 3 aromatic carbocycles. The number of methoxy groups -OCH3 is 1. The Morgan fingerprint density at radius 3 is 2.62 bits per heavy atom. The zero-order valence-electron chi connectivity index (χ0n) is 15.8. The van der Waals surface area contributed by atoms with E-state index in [0.29, 0.717) is 36.1 Å². The quantitative estimate of drug-likeness (QED) is 0.669. The molecule has 1 N–H and O–H groups in total. The molecule has 29 heavy (non-hydrogen) atoms. The van der Waals surface area contributed by atoms with Crippen LogP contribution in [0.4, 0.5) is 5.69 Å². The molecule has 0 radical (unpaired) electrons. The van der Waals surface area contributed by atoms with E-state index in [0.717, 1.165) is 10.8 Å². The van der Waals surface area contributed by atoms with Crippen molar-refractivity contribution in [2.75, 3.05) is 32.2 Å². The Morgan fingerprint density at radius 2 is 1.79 bits per heavy atom. The fraction of sp³-hybridized carbons (Fsp3) is 0.182. The zero-order chi connectivity index (χ0) is 20.2. The molecule has 0 bridgehead atoms. The van der Waals surface area contributed by atoms with Crippen LogP contribution in [0, 0.1) is 0 Å². The summed E-state index contributed by atoms with van der Waals surface area (Å²) in [5.74, 6) is 0.636. The van der Waals surface area contributed by atoms with Crippen LogP contribution in [-0.2, 0) is 9.53 Å². The molecule has 7 heteroatoms. The molecule has 0 aromatic heterocycles. The molecule has 0 saturated carbocycles. The van der Waals surface area contributed by atoms with Crippen LogP contribution in [0.5, 0.6) is 17.2 Å². The first-order chi connectivity index (χ1) is 14.2. The summed E-state index contributed by atoms with van der Waals surface area (Å²) in [7, 11) is 1.30. The second-order valence-electron chi connectivity index (χ2n) is 6.35. The molecule has 0 spiro atoms. The maximum Gasteiger partial charge on any atom is 0.341 e. The fourth-order valence-electron chi connectivity index (χ4n) is 3.13. The number of rotatable bonds is 5. The van der Waals surface area contributed by atoms with Gasteiger partial charge in [-0.25, -0.2) is 4.79 Å². The fourth-order valence-corrected chi connectivity index (χ4v) is 3.13. The van der Waals surface area contributed by atoms with Crippen LogP contribution < -0.4 is 19.5 Å². The van der Waals surface area contributed by atoms with Crippen LogP contribution in [0.3, 0.4) is 0 Å². The standard InChI is InChI=1S/C22H19NO6/c1-26-22(25)17-8-6-14-4-2-3-5-16(14)21(17)29-13-20(24)23-15-7-9-18-19(12-15)28-11-10-27-18/h2-9,12H,10-11,13H2,1H3,(H,23,24). The van der Waals surface area contributed by atoms with Gasteiger partial charge >= 0.3 is 5.97 Å². The molecule has 1 aliphatic rings. The zero-order valence-corrected chi connectivity index (χ0v) is 15.8. The topological polar surface area (TPSA) is 83.1 Å². The molecule has 3 aromatic rings. The van der Waals surface area contributed by atoms with Crippen LogP contribution in [-0.4, -0.2) is 38.8 Å². The maximum atomic E-state index is 12.4. The van der Waals surface area contributed by atoms with Gasteiger partial charge in [0, 0.05) is 17.1 Å². The number of benzene rings is 3. The van der Waals surface area contributed by atoms with Crippen molar-refractivity contribution < 1.29 is 28.5 Å². The van der Waals surface area contributed by atoms with Gasteiger partial charge in [-0.3, -0.25) is 4.79 Å². The van der Waals surface area contributed by atoms with Crippen LogP contribution >= 0.6 is 0 Å². The molecule has 7 nitrogen and oxygen atoms in total. The molecule has 148 valence electrons. The van der Waals surface area contributed by atoms with Gasteiger partial charge < -0.3 is 24.3 Å². The van der Waals surface area contributed by atoms with Crippen LogP contribution in [0.15, 0.2) is 54.6 Å². The second kappa shape index (κ2) is 8.10. The molecule has 0 fully saturated rings. The molecule has 0 unspecified atom stereocenters. The number of amides is 1. The van der Waals surface area contributed by atoms with E-state index in [1.54, 1.807) is 24.3 Å². The van der Waals surface area contributed by atoms with E-state index in [-0.39, 0.29) is 18.1 Å². The first kappa shape index (κ1) is 18.6. The van der Waals surface area contributed by atoms with Gasteiger partial charge in [-0.2, -0.15) is 0 Å². The maximum absolute atomic E-state index is 12.4. The van der Waals surface area contributed by atoms with Gasteiger partial charge in [0.2, 0.25) is 0 Å². The number of ether oxygens (including phenoxy) is 4. The van der Waals surface area contributed by atoms with Crippen LogP contribution in [0.25, 0.3) is 10.8 Å². The number of esters is 1. The molecule has 0 saturated heterocycles. The summed E-state index contributed by atoms with van der Waals surface area (Å²) >= 11 is 0. The average Bonchev–Trinajstić information content (AvgIpc) is 2.76. The lowest BCUT2D eigenvalue weighted by atomic mass is 10.1. The Hall–Kier alpha value is -3.74. The van der Waals surface area contributed by atoms with E-state index in [9.17, 15) is 9.59 Å². The minimum absolute atomic E-state index is 0.262. The van der Waals surface area contributed by atoms with E-state index in [1.807, 2.05) is 30.3 Å². The van der Waals surface area contributed by atoms with Gasteiger partial charge in [0.15, 0.2) is 18.1 Å². The Bertz CT molecular complexity index is 1080. The molecule has 1 heterocycles. The molecule has 0 aliphatic carbocycles. The van der Waals surface area contributed by atoms with Crippen molar-refractivity contribution in [3.8, 4) is 17.2 Å². The normalized spacial score (nSPS) is 12.3. The van der Waals surface area contributed by atoms with Gasteiger partial charge in [-0.15, -0.1) is 0 Å². The number of carbonyl (C=O) groups is 2. The molecular formula is C22H19NO6. The van der Waals surface area contributed by atoms with E-state index >= 15 is 0 Å². The number of anilines is 1. The van der Waals surface area contributed by atoms with E-state index in [2.05, 4.69) is 5.32 Å². The summed E-state index contributed by atoms with van der Waals surface area (Å²) in [5, 5.41) is 4.37. The Labute approximate surface area is 167 Å². The lowest BCUT2D eigenvalue weighted by Gasteiger charge is -2.19. The van der Waals surface area contributed by atoms with Crippen molar-refractivity contribution in [2.24, 2.45) is 0 Å². The Morgan fingerprint density at radius 1 is 1.00 bits per heavy atom. The first-order valence-electron chi connectivity index (χ1n) is 9.08. The summed E-state index contributed by atoms with van der Waals surface area (Å²) in [6, 6.07) is 16.1. The summed E-state index contributed by atoms with van der Waals surface area (Å²) in [4.78, 5) is 24.5. The minimum atomic E-state index is -0.530. The van der Waals surface area contributed by atoms with Gasteiger partial charge in [-0.05, 0) is 23.6 Å². The predicted octanol–water partition coefficient (Wildman–Crippen LogP) is 3.42. The van der Waals surface area contributed by atoms with Crippen molar-refractivity contribution in [1.29, 1.82) is 0 Å². The summed E-state index contributed by atoms with van der Waals surface area (Å²) in [5.41, 5.74) is 0.826. The van der Waals surface area contributed by atoms with Gasteiger partial charge in [-0.1, -0.05) is 30.3 Å². The number of carbonyl (C=O) groups excluding carboxylic acids is 2. The molecule has 1 aliphatic heterocycles. The Kier molecular flexibility index (Phi) is 5.20. The van der Waals surface area contributed by atoms with Crippen molar-refractivity contribution in [3.05, 3.63) is 60.2 Å². The van der Waals surface area contributed by atoms with Crippen molar-refractivity contribution in [3.63, 3.8) is 0 Å². The van der Waals surface area contributed by atoms with E-state index < -0.39 is 5.97 Å². The smallest absolute Gasteiger partial charge is 0.341 e. The van der Waals surface area contributed by atoms with Gasteiger partial charge in [0.25, 0.3) is 5.91 Å². The predicted molar refractivity (Wildman–Crippen MR) is 107 cm³/mol. The van der Waals surface area contributed by atoms with Crippen molar-refractivity contribution in [1.82, 2.24) is 0 Å². The van der Waals surface area contributed by atoms with Crippen LogP contribution in [0.1, 0.15) is 10.4 Å². The number of fused-ring (bicyclic) bond motifs is 2. The Balaban J connectivity index is 1.52. The third-order valence-corrected chi connectivity index (χ3v) is 4.46. The minimum Gasteiger partial charge on any atom is -0.486 e. The monoisotopic (exact) mass is 393 g/mol. The van der Waals surface area contributed by atoms with Crippen LogP contribution in [0.2, 0.25) is 0 Å². The lowest BCUT2D eigenvalue weighted by Crippen LogP contribution is -2.21. The highest BCUT2D eigenvalue weighted by atomic mass is 16.6. The molecule has 0 atom stereocenters. The van der Waals surface area contributed by atoms with Gasteiger partial charge in [0.1, 0.15) is 24.5 Å². The van der Waals surface area contributed by atoms with Gasteiger partial charge in [0.05, 0.1) is 7.11 Å². The first-order valence-corrected chi connectivity index (χ1v) is 9.08. The summed E-state index contributed by atoms with van der Waals surface area (Å²) in [6.07, 6.45) is 0. The number of hydrogen-bond donors (Lipinski definition) is 1. The molecule has 4 rings (SSSR count). The van der Waals surface area contributed by atoms with Crippen molar-refractivity contribution in [2.45, 2.75) is 0 Å². The second-order valence-corrected chi connectivity index (χ2v) is 6.35. The SMILES string of the molecule is COC(=O)c1ccc2ccccc2c1OCC(=O)Nc1ccc2c(c1)OCCO2. The number of nitrogens with one attached hydrogen (secondary N) is 1. The highest BCUT2D eigenvalue weighted by Gasteiger charge is 2.18. The largest absolute Gasteiger partial charge is 0.486 e. The summed E-state index contributed by atoms with van der Waals surface area (Å²) in [6.45, 7) is 0.692. The van der Waals surface area contributed by atoms with Crippen molar-refractivity contribution >= 4 is 28.3 Å². The number of hydrogen-bond acceptors (Lipinski definition) is 6. The highest BCUT2D eigenvalue weighted by Crippen LogP contribution is 2.33. The third kappa shape index (κ3) is 3.94. The lowest BCUT2D eigenvalue weighted by molar-refractivity contribution is -0.118. The van der Waals surface area contributed by atoms with E-state index in [1.165, 1.54) is 7.11 Å². The highest BCUT2D eigenvalue weighted by molar-refractivity contribution is 6.01. The molecular weight excluding hydrogens is 374 g/mol. The molecule has 1 amide bonds.